The van der Waals surface area contributed by atoms with E-state index in [0.29, 0.717) is 12.5 Å². The summed E-state index contributed by atoms with van der Waals surface area (Å²) in [5.74, 6) is 1.63. The summed E-state index contributed by atoms with van der Waals surface area (Å²) in [6, 6.07) is 0. The lowest BCUT2D eigenvalue weighted by Gasteiger charge is -2.31. The molecule has 2 rings (SSSR count). The summed E-state index contributed by atoms with van der Waals surface area (Å²) in [6.07, 6.45) is 8.28. The molecule has 2 aliphatic rings. The highest BCUT2D eigenvalue weighted by atomic mass is 16.1. The van der Waals surface area contributed by atoms with Crippen molar-refractivity contribution in [1.29, 1.82) is 0 Å². The molecule has 1 saturated heterocycles. The molecule has 0 aromatic rings. The first kappa shape index (κ1) is 15.8. The molecule has 4 nitrogen and oxygen atoms in total. The molecule has 0 aromatic carbocycles. The largest absolute Gasteiger partial charge is 0.356 e. The van der Waals surface area contributed by atoms with E-state index in [1.807, 2.05) is 0 Å². The molecule has 1 saturated carbocycles. The van der Waals surface area contributed by atoms with Crippen molar-refractivity contribution < 1.29 is 4.79 Å². The Morgan fingerprint density at radius 2 is 1.90 bits per heavy atom. The quantitative estimate of drug-likeness (QED) is 0.805. The van der Waals surface area contributed by atoms with Gasteiger partial charge < -0.3 is 16.0 Å². The van der Waals surface area contributed by atoms with E-state index in [4.69, 9.17) is 5.73 Å². The maximum absolute atomic E-state index is 12.3. The maximum Gasteiger partial charge on any atom is 0.223 e. The lowest BCUT2D eigenvalue weighted by Crippen LogP contribution is -2.40. The van der Waals surface area contributed by atoms with E-state index in [1.54, 1.807) is 0 Å². The maximum atomic E-state index is 12.3. The van der Waals surface area contributed by atoms with Gasteiger partial charge in [0.2, 0.25) is 5.91 Å². The molecule has 0 radical (unpaired) electrons. The number of nitrogens with one attached hydrogen (secondary N) is 1. The molecule has 2 atom stereocenters. The number of likely N-dealkylation sites (tertiary alicyclic amines) is 1. The molecule has 4 heteroatoms. The van der Waals surface area contributed by atoms with Crippen LogP contribution in [0.5, 0.6) is 0 Å². The van der Waals surface area contributed by atoms with Crippen LogP contribution in [0.1, 0.15) is 44.9 Å². The zero-order valence-electron chi connectivity index (χ0n) is 12.9. The number of carbonyl (C=O) groups is 1. The van der Waals surface area contributed by atoms with Gasteiger partial charge in [0.05, 0.1) is 0 Å². The number of rotatable bonds is 5. The predicted octanol–water partition coefficient (Wildman–Crippen LogP) is 1.60. The number of hydrogen-bond donors (Lipinski definition) is 2. The molecular formula is C16H31N3O. The summed E-state index contributed by atoms with van der Waals surface area (Å²) in [4.78, 5) is 14.7. The number of amides is 1. The van der Waals surface area contributed by atoms with Crippen LogP contribution in [-0.2, 0) is 4.79 Å². The van der Waals surface area contributed by atoms with Gasteiger partial charge in [0, 0.05) is 12.5 Å². The minimum atomic E-state index is 0.172. The Hall–Kier alpha value is -0.610. The van der Waals surface area contributed by atoms with Crippen molar-refractivity contribution >= 4 is 5.91 Å². The number of piperidine rings is 1. The third-order valence-corrected chi connectivity index (χ3v) is 5.24. The fourth-order valence-corrected chi connectivity index (χ4v) is 3.72. The molecular weight excluding hydrogens is 250 g/mol. The third kappa shape index (κ3) is 4.45. The van der Waals surface area contributed by atoms with Crippen molar-refractivity contribution in [2.45, 2.75) is 44.9 Å². The molecule has 1 aliphatic heterocycles. The first-order chi connectivity index (χ1) is 9.70. The molecule has 0 aromatic heterocycles. The zero-order valence-corrected chi connectivity index (χ0v) is 12.9. The molecule has 0 spiro atoms. The minimum absolute atomic E-state index is 0.172. The summed E-state index contributed by atoms with van der Waals surface area (Å²) < 4.78 is 0. The fourth-order valence-electron chi connectivity index (χ4n) is 3.72. The number of hydrogen-bond acceptors (Lipinski definition) is 3. The number of nitrogens with zero attached hydrogens (tertiary/aromatic N) is 1. The molecule has 2 unspecified atom stereocenters. The van der Waals surface area contributed by atoms with E-state index >= 15 is 0 Å². The van der Waals surface area contributed by atoms with Gasteiger partial charge in [-0.2, -0.15) is 0 Å². The Bertz CT molecular complexity index is 300. The molecule has 0 bridgehead atoms. The topological polar surface area (TPSA) is 58.4 Å². The summed E-state index contributed by atoms with van der Waals surface area (Å²) >= 11 is 0. The van der Waals surface area contributed by atoms with Crippen molar-refractivity contribution in [2.75, 3.05) is 33.2 Å². The molecule has 1 aliphatic carbocycles. The van der Waals surface area contributed by atoms with Crippen LogP contribution < -0.4 is 11.1 Å². The predicted molar refractivity (Wildman–Crippen MR) is 82.4 cm³/mol. The van der Waals surface area contributed by atoms with Gasteiger partial charge in [-0.25, -0.2) is 0 Å². The Labute approximate surface area is 123 Å². The van der Waals surface area contributed by atoms with Gasteiger partial charge in [-0.15, -0.1) is 0 Å². The normalized spacial score (nSPS) is 29.3. The van der Waals surface area contributed by atoms with Crippen LogP contribution in [0.2, 0.25) is 0 Å². The van der Waals surface area contributed by atoms with Crippen molar-refractivity contribution in [3.8, 4) is 0 Å². The molecule has 20 heavy (non-hydrogen) atoms. The summed E-state index contributed by atoms with van der Waals surface area (Å²) in [6.45, 7) is 3.92. The Morgan fingerprint density at radius 1 is 1.20 bits per heavy atom. The standard InChI is InChI=1S/C16H31N3O/c1-19-10-7-13(8-11-19)6-9-18-16(20)15-5-3-2-4-14(15)12-17/h13-15H,2-12,17H2,1H3,(H,18,20). The smallest absolute Gasteiger partial charge is 0.223 e. The van der Waals surface area contributed by atoms with Crippen LogP contribution in [-0.4, -0.2) is 44.0 Å². The Balaban J connectivity index is 1.66. The van der Waals surface area contributed by atoms with Crippen LogP contribution in [0.3, 0.4) is 0 Å². The van der Waals surface area contributed by atoms with Gasteiger partial charge in [0.1, 0.15) is 0 Å². The van der Waals surface area contributed by atoms with E-state index < -0.39 is 0 Å². The molecule has 1 heterocycles. The second-order valence-electron chi connectivity index (χ2n) is 6.71. The van der Waals surface area contributed by atoms with Gasteiger partial charge in [-0.3, -0.25) is 4.79 Å². The first-order valence-electron chi connectivity index (χ1n) is 8.37. The van der Waals surface area contributed by atoms with Gasteiger partial charge >= 0.3 is 0 Å². The summed E-state index contributed by atoms with van der Waals surface area (Å²) in [5, 5.41) is 3.17. The van der Waals surface area contributed by atoms with E-state index in [9.17, 15) is 4.79 Å². The fraction of sp³-hybridized carbons (Fsp3) is 0.938. The summed E-state index contributed by atoms with van der Waals surface area (Å²) in [7, 11) is 2.19. The second-order valence-corrected chi connectivity index (χ2v) is 6.71. The average Bonchev–Trinajstić information content (AvgIpc) is 2.49. The van der Waals surface area contributed by atoms with Crippen LogP contribution in [0.25, 0.3) is 0 Å². The Kier molecular flexibility index (Phi) is 6.30. The van der Waals surface area contributed by atoms with Crippen LogP contribution >= 0.6 is 0 Å². The first-order valence-corrected chi connectivity index (χ1v) is 8.37. The SMILES string of the molecule is CN1CCC(CCNC(=O)C2CCCCC2CN)CC1. The molecule has 2 fully saturated rings. The summed E-state index contributed by atoms with van der Waals surface area (Å²) in [5.41, 5.74) is 5.81. The van der Waals surface area contributed by atoms with Gasteiger partial charge in [-0.1, -0.05) is 12.8 Å². The van der Waals surface area contributed by atoms with E-state index in [-0.39, 0.29) is 11.8 Å². The lowest BCUT2D eigenvalue weighted by atomic mass is 9.78. The van der Waals surface area contributed by atoms with Gasteiger partial charge in [0.15, 0.2) is 0 Å². The monoisotopic (exact) mass is 281 g/mol. The van der Waals surface area contributed by atoms with E-state index in [2.05, 4.69) is 17.3 Å². The molecule has 3 N–H and O–H groups in total. The van der Waals surface area contributed by atoms with E-state index in [0.717, 1.165) is 31.7 Å². The number of nitrogens with two attached hydrogens (primary N) is 1. The van der Waals surface area contributed by atoms with Crippen molar-refractivity contribution in [1.82, 2.24) is 10.2 Å². The van der Waals surface area contributed by atoms with Crippen molar-refractivity contribution in [2.24, 2.45) is 23.5 Å². The molecule has 1 amide bonds. The lowest BCUT2D eigenvalue weighted by molar-refractivity contribution is -0.127. The average molecular weight is 281 g/mol. The van der Waals surface area contributed by atoms with Crippen molar-refractivity contribution in [3.63, 3.8) is 0 Å². The highest BCUT2D eigenvalue weighted by Gasteiger charge is 2.29. The minimum Gasteiger partial charge on any atom is -0.356 e. The van der Waals surface area contributed by atoms with Gasteiger partial charge in [0.25, 0.3) is 0 Å². The van der Waals surface area contributed by atoms with E-state index in [1.165, 1.54) is 38.8 Å². The van der Waals surface area contributed by atoms with Gasteiger partial charge in [-0.05, 0) is 70.6 Å². The van der Waals surface area contributed by atoms with Crippen LogP contribution in [0, 0.1) is 17.8 Å². The molecule has 116 valence electrons. The number of carbonyl (C=O) groups excluding carboxylic acids is 1. The van der Waals surface area contributed by atoms with Crippen LogP contribution in [0.4, 0.5) is 0 Å². The van der Waals surface area contributed by atoms with Crippen molar-refractivity contribution in [3.05, 3.63) is 0 Å². The Morgan fingerprint density at radius 3 is 2.60 bits per heavy atom. The zero-order chi connectivity index (χ0) is 14.4. The highest BCUT2D eigenvalue weighted by molar-refractivity contribution is 5.79. The third-order valence-electron chi connectivity index (χ3n) is 5.24. The van der Waals surface area contributed by atoms with Crippen LogP contribution in [0.15, 0.2) is 0 Å². The highest BCUT2D eigenvalue weighted by Crippen LogP contribution is 2.29. The second kappa shape index (κ2) is 7.99.